The summed E-state index contributed by atoms with van der Waals surface area (Å²) in [7, 11) is 0. The van der Waals surface area contributed by atoms with Crippen molar-refractivity contribution < 1.29 is 0 Å². The molecule has 0 radical (unpaired) electrons. The first-order chi connectivity index (χ1) is 9.34. The highest BCUT2D eigenvalue weighted by molar-refractivity contribution is 7.09. The maximum Gasteiger partial charge on any atom is 0.176 e. The predicted octanol–water partition coefficient (Wildman–Crippen LogP) is 2.64. The Morgan fingerprint density at radius 1 is 1.26 bits per heavy atom. The normalized spacial score (nSPS) is 10.6. The SMILES string of the molecule is Cc1ncsc1CNc1cccnc1-n1cccn1. The molecule has 3 heterocycles. The Kier molecular flexibility index (Phi) is 3.24. The van der Waals surface area contributed by atoms with E-state index < -0.39 is 0 Å². The molecule has 5 nitrogen and oxygen atoms in total. The topological polar surface area (TPSA) is 55.6 Å². The molecule has 0 fully saturated rings. The molecule has 1 N–H and O–H groups in total. The van der Waals surface area contributed by atoms with E-state index in [1.807, 2.05) is 36.8 Å². The van der Waals surface area contributed by atoms with Crippen LogP contribution in [0.1, 0.15) is 10.6 Å². The second kappa shape index (κ2) is 5.19. The fraction of sp³-hybridized carbons (Fsp3) is 0.154. The van der Waals surface area contributed by atoms with Gasteiger partial charge in [0, 0.05) is 23.5 Å². The van der Waals surface area contributed by atoms with Crippen LogP contribution in [0.3, 0.4) is 0 Å². The summed E-state index contributed by atoms with van der Waals surface area (Å²) in [6.45, 7) is 2.77. The lowest BCUT2D eigenvalue weighted by atomic mass is 10.3. The Bertz CT molecular complexity index is 659. The van der Waals surface area contributed by atoms with Gasteiger partial charge in [0.05, 0.1) is 23.4 Å². The van der Waals surface area contributed by atoms with Crippen LogP contribution in [-0.2, 0) is 6.54 Å². The summed E-state index contributed by atoms with van der Waals surface area (Å²) in [5, 5.41) is 7.61. The monoisotopic (exact) mass is 271 g/mol. The summed E-state index contributed by atoms with van der Waals surface area (Å²) in [6, 6.07) is 5.79. The fourth-order valence-electron chi connectivity index (χ4n) is 1.78. The molecule has 96 valence electrons. The molecule has 3 rings (SSSR count). The molecule has 0 unspecified atom stereocenters. The third-order valence-corrected chi connectivity index (χ3v) is 3.73. The van der Waals surface area contributed by atoms with Gasteiger partial charge in [-0.1, -0.05) is 0 Å². The summed E-state index contributed by atoms with van der Waals surface area (Å²) >= 11 is 1.66. The van der Waals surface area contributed by atoms with Gasteiger partial charge in [-0.3, -0.25) is 0 Å². The maximum atomic E-state index is 4.37. The zero-order valence-corrected chi connectivity index (χ0v) is 11.3. The van der Waals surface area contributed by atoms with Gasteiger partial charge in [-0.15, -0.1) is 11.3 Å². The van der Waals surface area contributed by atoms with E-state index in [4.69, 9.17) is 0 Å². The minimum Gasteiger partial charge on any atom is -0.377 e. The quantitative estimate of drug-likeness (QED) is 0.792. The highest BCUT2D eigenvalue weighted by Gasteiger charge is 2.07. The molecule has 3 aromatic rings. The van der Waals surface area contributed by atoms with E-state index in [2.05, 4.69) is 20.4 Å². The average molecular weight is 271 g/mol. The number of thiazole rings is 1. The molecule has 0 saturated heterocycles. The van der Waals surface area contributed by atoms with Crippen molar-refractivity contribution in [2.24, 2.45) is 0 Å². The molecule has 0 saturated carbocycles. The zero-order chi connectivity index (χ0) is 13.1. The van der Waals surface area contributed by atoms with Crippen molar-refractivity contribution in [3.8, 4) is 5.82 Å². The number of nitrogens with zero attached hydrogens (tertiary/aromatic N) is 4. The molecule has 0 aliphatic carbocycles. The first-order valence-electron chi connectivity index (χ1n) is 5.92. The molecule has 6 heteroatoms. The molecule has 0 aromatic carbocycles. The Balaban J connectivity index is 1.84. The van der Waals surface area contributed by atoms with Crippen molar-refractivity contribution in [1.29, 1.82) is 0 Å². The van der Waals surface area contributed by atoms with Crippen LogP contribution in [-0.4, -0.2) is 19.7 Å². The molecule has 0 aliphatic rings. The van der Waals surface area contributed by atoms with E-state index in [1.165, 1.54) is 4.88 Å². The first-order valence-corrected chi connectivity index (χ1v) is 6.80. The number of aryl methyl sites for hydroxylation is 1. The highest BCUT2D eigenvalue weighted by atomic mass is 32.1. The minimum atomic E-state index is 0.746. The largest absolute Gasteiger partial charge is 0.377 e. The molecule has 19 heavy (non-hydrogen) atoms. The van der Waals surface area contributed by atoms with Gasteiger partial charge < -0.3 is 5.32 Å². The summed E-state index contributed by atoms with van der Waals surface area (Å²) in [5.74, 6) is 0.801. The second-order valence-corrected chi connectivity index (χ2v) is 4.98. The minimum absolute atomic E-state index is 0.746. The van der Waals surface area contributed by atoms with E-state index in [0.29, 0.717) is 0 Å². The lowest BCUT2D eigenvalue weighted by Crippen LogP contribution is -2.06. The third kappa shape index (κ3) is 2.48. The molecule has 3 aromatic heterocycles. The van der Waals surface area contributed by atoms with Crippen LogP contribution in [0, 0.1) is 6.92 Å². The number of aromatic nitrogens is 4. The lowest BCUT2D eigenvalue weighted by molar-refractivity contribution is 0.846. The summed E-state index contributed by atoms with van der Waals surface area (Å²) in [6.07, 6.45) is 5.39. The smallest absolute Gasteiger partial charge is 0.176 e. The molecule has 0 aliphatic heterocycles. The van der Waals surface area contributed by atoms with Gasteiger partial charge in [-0.05, 0) is 25.1 Å². The van der Waals surface area contributed by atoms with E-state index >= 15 is 0 Å². The summed E-state index contributed by atoms with van der Waals surface area (Å²) in [5.41, 5.74) is 3.89. The molecule has 0 amide bonds. The predicted molar refractivity (Wildman–Crippen MR) is 75.5 cm³/mol. The van der Waals surface area contributed by atoms with Crippen LogP contribution in [0.5, 0.6) is 0 Å². The summed E-state index contributed by atoms with van der Waals surface area (Å²) < 4.78 is 1.75. The zero-order valence-electron chi connectivity index (χ0n) is 10.4. The van der Waals surface area contributed by atoms with Crippen LogP contribution in [0.25, 0.3) is 5.82 Å². The van der Waals surface area contributed by atoms with Crippen LogP contribution in [0.4, 0.5) is 5.69 Å². The Labute approximate surface area is 115 Å². The van der Waals surface area contributed by atoms with Crippen molar-refractivity contribution >= 4 is 17.0 Å². The number of nitrogens with one attached hydrogen (secondary N) is 1. The maximum absolute atomic E-state index is 4.37. The standard InChI is InChI=1S/C13H13N5S/c1-10-12(19-9-16-10)8-15-11-4-2-5-14-13(11)18-7-3-6-17-18/h2-7,9,15H,8H2,1H3. The Morgan fingerprint density at radius 3 is 2.95 bits per heavy atom. The van der Waals surface area contributed by atoms with E-state index in [1.54, 1.807) is 28.4 Å². The third-order valence-electron chi connectivity index (χ3n) is 2.79. The average Bonchev–Trinajstić information content (AvgIpc) is 3.08. The molecular weight excluding hydrogens is 258 g/mol. The second-order valence-electron chi connectivity index (χ2n) is 4.04. The highest BCUT2D eigenvalue weighted by Crippen LogP contribution is 2.19. The number of hydrogen-bond donors (Lipinski definition) is 1. The first kappa shape index (κ1) is 11.9. The molecule has 0 spiro atoms. The van der Waals surface area contributed by atoms with Crippen LogP contribution >= 0.6 is 11.3 Å². The van der Waals surface area contributed by atoms with Crippen molar-refractivity contribution in [3.05, 3.63) is 52.9 Å². The van der Waals surface area contributed by atoms with Crippen LogP contribution in [0.2, 0.25) is 0 Å². The number of anilines is 1. The van der Waals surface area contributed by atoms with Crippen LogP contribution < -0.4 is 5.32 Å². The number of pyridine rings is 1. The fourth-order valence-corrected chi connectivity index (χ4v) is 2.50. The van der Waals surface area contributed by atoms with Crippen molar-refractivity contribution in [2.45, 2.75) is 13.5 Å². The van der Waals surface area contributed by atoms with Gasteiger partial charge in [0.1, 0.15) is 0 Å². The lowest BCUT2D eigenvalue weighted by Gasteiger charge is -2.10. The Hall–Kier alpha value is -2.21. The van der Waals surface area contributed by atoms with Crippen molar-refractivity contribution in [3.63, 3.8) is 0 Å². The van der Waals surface area contributed by atoms with E-state index in [-0.39, 0.29) is 0 Å². The van der Waals surface area contributed by atoms with Gasteiger partial charge in [0.15, 0.2) is 5.82 Å². The van der Waals surface area contributed by atoms with Crippen molar-refractivity contribution in [2.75, 3.05) is 5.32 Å². The Morgan fingerprint density at radius 2 is 2.21 bits per heavy atom. The summed E-state index contributed by atoms with van der Waals surface area (Å²) in [4.78, 5) is 9.85. The van der Waals surface area contributed by atoms with Gasteiger partial charge in [0.2, 0.25) is 0 Å². The molecule has 0 atom stereocenters. The molecule has 0 bridgehead atoms. The number of hydrogen-bond acceptors (Lipinski definition) is 5. The van der Waals surface area contributed by atoms with E-state index in [0.717, 1.165) is 23.7 Å². The van der Waals surface area contributed by atoms with Gasteiger partial charge in [-0.2, -0.15) is 5.10 Å². The van der Waals surface area contributed by atoms with Crippen LogP contribution in [0.15, 0.2) is 42.3 Å². The van der Waals surface area contributed by atoms with E-state index in [9.17, 15) is 0 Å². The molecular formula is C13H13N5S. The van der Waals surface area contributed by atoms with Crippen molar-refractivity contribution in [1.82, 2.24) is 19.7 Å². The van der Waals surface area contributed by atoms with Gasteiger partial charge >= 0.3 is 0 Å². The van der Waals surface area contributed by atoms with Gasteiger partial charge in [0.25, 0.3) is 0 Å². The van der Waals surface area contributed by atoms with Gasteiger partial charge in [-0.25, -0.2) is 14.6 Å². The number of rotatable bonds is 4.